The molecule has 0 aliphatic carbocycles. The number of halogens is 1. The average molecular weight is 327 g/mol. The number of hydrogen-bond donors (Lipinski definition) is 1. The fourth-order valence-corrected chi connectivity index (χ4v) is 2.32. The first-order valence-corrected chi connectivity index (χ1v) is 6.88. The third kappa shape index (κ3) is 3.54. The maximum absolute atomic E-state index is 11.1. The number of rotatable bonds is 4. The van der Waals surface area contributed by atoms with Gasteiger partial charge in [-0.1, -0.05) is 15.9 Å². The highest BCUT2D eigenvalue weighted by atomic mass is 79.9. The summed E-state index contributed by atoms with van der Waals surface area (Å²) < 4.78 is 5.62. The molecule has 0 saturated heterocycles. The first-order valence-electron chi connectivity index (χ1n) is 5.21. The van der Waals surface area contributed by atoms with E-state index in [9.17, 15) is 4.79 Å². The summed E-state index contributed by atoms with van der Waals surface area (Å²) in [6, 6.07) is 7.80. The lowest BCUT2D eigenvalue weighted by molar-refractivity contribution is -0.139. The summed E-state index contributed by atoms with van der Waals surface area (Å²) in [5, 5.41) is 5.78. The number of hydrogen-bond acceptors (Lipinski definition) is 5. The van der Waals surface area contributed by atoms with E-state index in [0.717, 1.165) is 15.3 Å². The third-order valence-electron chi connectivity index (χ3n) is 2.20. The number of methoxy groups -OCH3 is 1. The molecule has 1 N–H and O–H groups in total. The van der Waals surface area contributed by atoms with Crippen LogP contribution >= 0.6 is 27.3 Å². The first kappa shape index (κ1) is 13.0. The molecule has 0 fully saturated rings. The van der Waals surface area contributed by atoms with Gasteiger partial charge in [0.1, 0.15) is 0 Å². The van der Waals surface area contributed by atoms with Gasteiger partial charge in [-0.25, -0.2) is 4.98 Å². The first-order chi connectivity index (χ1) is 8.67. The Morgan fingerprint density at radius 2 is 2.17 bits per heavy atom. The van der Waals surface area contributed by atoms with Gasteiger partial charge in [-0.05, 0) is 24.3 Å². The van der Waals surface area contributed by atoms with Crippen LogP contribution in [-0.4, -0.2) is 18.1 Å². The van der Waals surface area contributed by atoms with E-state index in [2.05, 4.69) is 31.0 Å². The number of benzene rings is 1. The van der Waals surface area contributed by atoms with E-state index in [1.54, 1.807) is 0 Å². The minimum absolute atomic E-state index is 0.203. The number of carbonyl (C=O) groups is 1. The van der Waals surface area contributed by atoms with E-state index in [1.165, 1.54) is 18.4 Å². The van der Waals surface area contributed by atoms with Gasteiger partial charge in [-0.3, -0.25) is 4.79 Å². The van der Waals surface area contributed by atoms with E-state index in [1.807, 2.05) is 29.6 Å². The zero-order chi connectivity index (χ0) is 13.0. The highest BCUT2D eigenvalue weighted by molar-refractivity contribution is 9.10. The van der Waals surface area contributed by atoms with Crippen molar-refractivity contribution in [3.8, 4) is 0 Å². The maximum Gasteiger partial charge on any atom is 0.311 e. The zero-order valence-electron chi connectivity index (χ0n) is 9.64. The van der Waals surface area contributed by atoms with Crippen LogP contribution in [0.2, 0.25) is 0 Å². The van der Waals surface area contributed by atoms with Gasteiger partial charge in [0.15, 0.2) is 5.13 Å². The van der Waals surface area contributed by atoms with E-state index in [4.69, 9.17) is 0 Å². The van der Waals surface area contributed by atoms with Gasteiger partial charge in [-0.2, -0.15) is 0 Å². The summed E-state index contributed by atoms with van der Waals surface area (Å²) in [5.41, 5.74) is 1.67. The Kier molecular flexibility index (Phi) is 4.33. The van der Waals surface area contributed by atoms with Gasteiger partial charge in [0.05, 0.1) is 19.2 Å². The number of aromatic nitrogens is 1. The number of nitrogens with one attached hydrogen (secondary N) is 1. The fraction of sp³-hybridized carbons (Fsp3) is 0.167. The summed E-state index contributed by atoms with van der Waals surface area (Å²) in [4.78, 5) is 15.4. The number of carbonyl (C=O) groups excluding carboxylic acids is 1. The van der Waals surface area contributed by atoms with E-state index >= 15 is 0 Å². The van der Waals surface area contributed by atoms with Crippen LogP contribution in [0.25, 0.3) is 0 Å². The molecule has 4 nitrogen and oxygen atoms in total. The van der Waals surface area contributed by atoms with Crippen LogP contribution in [-0.2, 0) is 16.0 Å². The Hall–Kier alpha value is -1.40. The molecular formula is C12H11BrN2O2S. The molecule has 1 heterocycles. The van der Waals surface area contributed by atoms with Crippen molar-refractivity contribution in [2.75, 3.05) is 12.4 Å². The third-order valence-corrected chi connectivity index (χ3v) is 3.54. The second kappa shape index (κ2) is 5.97. The van der Waals surface area contributed by atoms with Crippen molar-refractivity contribution in [2.24, 2.45) is 0 Å². The van der Waals surface area contributed by atoms with Gasteiger partial charge < -0.3 is 10.1 Å². The van der Waals surface area contributed by atoms with Crippen LogP contribution in [0, 0.1) is 0 Å². The monoisotopic (exact) mass is 326 g/mol. The number of thiazole rings is 1. The number of esters is 1. The number of nitrogens with zero attached hydrogens (tertiary/aromatic N) is 1. The topological polar surface area (TPSA) is 51.2 Å². The molecule has 2 rings (SSSR count). The molecule has 6 heteroatoms. The lowest BCUT2D eigenvalue weighted by Gasteiger charge is -2.01. The molecule has 0 bridgehead atoms. The Labute approximate surface area is 117 Å². The summed E-state index contributed by atoms with van der Waals surface area (Å²) in [7, 11) is 1.37. The molecule has 1 aromatic carbocycles. The van der Waals surface area contributed by atoms with Gasteiger partial charge in [0.2, 0.25) is 0 Å². The molecule has 0 saturated carbocycles. The van der Waals surface area contributed by atoms with Gasteiger partial charge in [-0.15, -0.1) is 11.3 Å². The van der Waals surface area contributed by atoms with Crippen LogP contribution in [0.1, 0.15) is 5.69 Å². The quantitative estimate of drug-likeness (QED) is 0.875. The van der Waals surface area contributed by atoms with Crippen LogP contribution < -0.4 is 5.32 Å². The molecule has 0 unspecified atom stereocenters. The van der Waals surface area contributed by atoms with Crippen molar-refractivity contribution in [1.82, 2.24) is 4.98 Å². The molecule has 0 radical (unpaired) electrons. The highest BCUT2D eigenvalue weighted by Gasteiger charge is 2.07. The number of ether oxygens (including phenoxy) is 1. The van der Waals surface area contributed by atoms with Gasteiger partial charge in [0.25, 0.3) is 0 Å². The van der Waals surface area contributed by atoms with Crippen molar-refractivity contribution >= 4 is 44.1 Å². The Morgan fingerprint density at radius 3 is 2.83 bits per heavy atom. The van der Waals surface area contributed by atoms with Crippen LogP contribution in [0.15, 0.2) is 34.1 Å². The van der Waals surface area contributed by atoms with Crippen LogP contribution in [0.3, 0.4) is 0 Å². The second-order valence-corrected chi connectivity index (χ2v) is 5.30. The molecule has 0 aliphatic rings. The van der Waals surface area contributed by atoms with Crippen LogP contribution in [0.5, 0.6) is 0 Å². The molecule has 0 amide bonds. The minimum Gasteiger partial charge on any atom is -0.469 e. The molecule has 0 aliphatic heterocycles. The SMILES string of the molecule is COC(=O)Cc1csc(Nc2ccc(Br)cc2)n1. The lowest BCUT2D eigenvalue weighted by Crippen LogP contribution is -2.04. The summed E-state index contributed by atoms with van der Waals surface area (Å²) in [5.74, 6) is -0.282. The van der Waals surface area contributed by atoms with E-state index in [-0.39, 0.29) is 12.4 Å². The second-order valence-electron chi connectivity index (χ2n) is 3.53. The fourth-order valence-electron chi connectivity index (χ4n) is 1.32. The standard InChI is InChI=1S/C12H11BrN2O2S/c1-17-11(16)6-10-7-18-12(15-10)14-9-4-2-8(13)3-5-9/h2-5,7H,6H2,1H3,(H,14,15). The minimum atomic E-state index is -0.282. The van der Waals surface area contributed by atoms with Gasteiger partial charge >= 0.3 is 5.97 Å². The van der Waals surface area contributed by atoms with E-state index < -0.39 is 0 Å². The molecule has 0 atom stereocenters. The predicted octanol–water partition coefficient (Wildman–Crippen LogP) is 3.36. The Bertz CT molecular complexity index is 539. The molecule has 1 aromatic heterocycles. The maximum atomic E-state index is 11.1. The van der Waals surface area contributed by atoms with Crippen LogP contribution in [0.4, 0.5) is 10.8 Å². The highest BCUT2D eigenvalue weighted by Crippen LogP contribution is 2.22. The van der Waals surface area contributed by atoms with Crippen molar-refractivity contribution in [2.45, 2.75) is 6.42 Å². The van der Waals surface area contributed by atoms with E-state index in [0.29, 0.717) is 5.69 Å². The molecule has 0 spiro atoms. The molecule has 2 aromatic rings. The predicted molar refractivity (Wildman–Crippen MR) is 75.3 cm³/mol. The Balaban J connectivity index is 2.02. The average Bonchev–Trinajstić information content (AvgIpc) is 2.79. The number of anilines is 2. The summed E-state index contributed by atoms with van der Waals surface area (Å²) in [6.45, 7) is 0. The molecule has 94 valence electrons. The van der Waals surface area contributed by atoms with Gasteiger partial charge in [0, 0.05) is 15.5 Å². The Morgan fingerprint density at radius 1 is 1.44 bits per heavy atom. The molecule has 18 heavy (non-hydrogen) atoms. The molecular weight excluding hydrogens is 316 g/mol. The zero-order valence-corrected chi connectivity index (χ0v) is 12.0. The van der Waals surface area contributed by atoms with Crippen molar-refractivity contribution in [3.63, 3.8) is 0 Å². The largest absolute Gasteiger partial charge is 0.469 e. The normalized spacial score (nSPS) is 10.1. The smallest absolute Gasteiger partial charge is 0.311 e. The van der Waals surface area contributed by atoms with Crippen molar-refractivity contribution in [3.05, 3.63) is 39.8 Å². The van der Waals surface area contributed by atoms with Crippen molar-refractivity contribution in [1.29, 1.82) is 0 Å². The summed E-state index contributed by atoms with van der Waals surface area (Å²) in [6.07, 6.45) is 0.203. The lowest BCUT2D eigenvalue weighted by atomic mass is 10.3. The van der Waals surface area contributed by atoms with Crippen molar-refractivity contribution < 1.29 is 9.53 Å². The summed E-state index contributed by atoms with van der Waals surface area (Å²) >= 11 is 4.84.